The summed E-state index contributed by atoms with van der Waals surface area (Å²) in [6.45, 7) is 1.91. The van der Waals surface area contributed by atoms with Gasteiger partial charge < -0.3 is 10.2 Å². The molecule has 1 N–H and O–H groups in total. The van der Waals surface area contributed by atoms with Crippen molar-refractivity contribution in [2.24, 2.45) is 0 Å². The molecule has 0 aromatic heterocycles. The Labute approximate surface area is 120 Å². The van der Waals surface area contributed by atoms with Gasteiger partial charge in [-0.05, 0) is 47.3 Å². The van der Waals surface area contributed by atoms with Crippen LogP contribution >= 0.6 is 27.5 Å². The third kappa shape index (κ3) is 2.65. The van der Waals surface area contributed by atoms with Crippen molar-refractivity contribution >= 4 is 33.2 Å². The maximum absolute atomic E-state index is 13.2. The highest BCUT2D eigenvalue weighted by atomic mass is 79.9. The van der Waals surface area contributed by atoms with E-state index in [1.807, 2.05) is 0 Å². The highest BCUT2D eigenvalue weighted by Gasteiger charge is 2.30. The Morgan fingerprint density at radius 3 is 2.72 bits per heavy atom. The molecule has 2 aliphatic rings. The normalized spacial score (nSPS) is 23.7. The molecule has 0 bridgehead atoms. The van der Waals surface area contributed by atoms with Crippen molar-refractivity contribution in [3.8, 4) is 0 Å². The number of anilines is 1. The Hall–Kier alpha value is -0.320. The molecule has 1 unspecified atom stereocenters. The second-order valence-corrected chi connectivity index (χ2v) is 6.35. The van der Waals surface area contributed by atoms with E-state index in [1.54, 1.807) is 0 Å². The molecule has 1 aliphatic carbocycles. The molecule has 0 radical (unpaired) electrons. The molecule has 2 fully saturated rings. The van der Waals surface area contributed by atoms with Gasteiger partial charge in [0.2, 0.25) is 0 Å². The first-order chi connectivity index (χ1) is 8.63. The van der Waals surface area contributed by atoms with E-state index in [9.17, 15) is 4.39 Å². The minimum Gasteiger partial charge on any atom is -0.368 e. The lowest BCUT2D eigenvalue weighted by Gasteiger charge is -2.22. The number of halogens is 3. The molecular formula is C13H15BrClFN2. The Balaban J connectivity index is 1.75. The summed E-state index contributed by atoms with van der Waals surface area (Å²) in [6, 6.07) is 4.11. The molecule has 1 saturated heterocycles. The third-order valence-electron chi connectivity index (χ3n) is 3.53. The molecule has 18 heavy (non-hydrogen) atoms. The first-order valence-electron chi connectivity index (χ1n) is 6.29. The van der Waals surface area contributed by atoms with Gasteiger partial charge in [0.1, 0.15) is 5.82 Å². The van der Waals surface area contributed by atoms with E-state index in [0.29, 0.717) is 11.1 Å². The monoisotopic (exact) mass is 332 g/mol. The van der Waals surface area contributed by atoms with Crippen LogP contribution in [0.3, 0.4) is 0 Å². The minimum atomic E-state index is -0.303. The van der Waals surface area contributed by atoms with E-state index >= 15 is 0 Å². The van der Waals surface area contributed by atoms with E-state index in [1.165, 1.54) is 25.0 Å². The first kappa shape index (κ1) is 12.7. The van der Waals surface area contributed by atoms with Gasteiger partial charge in [0.25, 0.3) is 0 Å². The standard InChI is InChI=1S/C13H15BrClFN2/c14-11-5-8(16)6-12(15)13(11)18-4-3-10(7-18)17-9-1-2-9/h5-6,9-10,17H,1-4,7H2. The first-order valence-corrected chi connectivity index (χ1v) is 7.46. The fourth-order valence-electron chi connectivity index (χ4n) is 2.52. The van der Waals surface area contributed by atoms with Crippen LogP contribution in [0.5, 0.6) is 0 Å². The van der Waals surface area contributed by atoms with E-state index in [2.05, 4.69) is 26.1 Å². The summed E-state index contributed by atoms with van der Waals surface area (Å²) in [5, 5.41) is 4.11. The Morgan fingerprint density at radius 1 is 1.28 bits per heavy atom. The Bertz CT molecular complexity index is 441. The molecule has 1 aromatic carbocycles. The summed E-state index contributed by atoms with van der Waals surface area (Å²) in [7, 11) is 0. The molecule has 0 amide bonds. The van der Waals surface area contributed by atoms with Crippen molar-refractivity contribution in [2.75, 3.05) is 18.0 Å². The van der Waals surface area contributed by atoms with Gasteiger partial charge >= 0.3 is 0 Å². The second-order valence-electron chi connectivity index (χ2n) is 5.09. The third-order valence-corrected chi connectivity index (χ3v) is 4.43. The Morgan fingerprint density at radius 2 is 2.06 bits per heavy atom. The Kier molecular flexibility index (Phi) is 3.52. The van der Waals surface area contributed by atoms with Crippen LogP contribution in [-0.2, 0) is 0 Å². The smallest absolute Gasteiger partial charge is 0.125 e. The average molecular weight is 334 g/mol. The van der Waals surface area contributed by atoms with Crippen LogP contribution in [0.25, 0.3) is 0 Å². The molecule has 98 valence electrons. The van der Waals surface area contributed by atoms with Crippen molar-refractivity contribution in [2.45, 2.75) is 31.3 Å². The zero-order valence-electron chi connectivity index (χ0n) is 9.93. The van der Waals surface area contributed by atoms with Gasteiger partial charge in [-0.2, -0.15) is 0 Å². The van der Waals surface area contributed by atoms with E-state index < -0.39 is 0 Å². The lowest BCUT2D eigenvalue weighted by Crippen LogP contribution is -2.34. The predicted molar refractivity (Wildman–Crippen MR) is 75.9 cm³/mol. The average Bonchev–Trinajstić information content (AvgIpc) is 2.96. The lowest BCUT2D eigenvalue weighted by atomic mass is 10.2. The molecule has 3 rings (SSSR count). The molecular weight excluding hydrogens is 319 g/mol. The molecule has 1 heterocycles. The lowest BCUT2D eigenvalue weighted by molar-refractivity contribution is 0.548. The number of nitrogens with zero attached hydrogens (tertiary/aromatic N) is 1. The van der Waals surface area contributed by atoms with Crippen LogP contribution in [-0.4, -0.2) is 25.2 Å². The quantitative estimate of drug-likeness (QED) is 0.909. The van der Waals surface area contributed by atoms with Gasteiger partial charge in [-0.3, -0.25) is 0 Å². The predicted octanol–water partition coefficient (Wildman–Crippen LogP) is 3.57. The summed E-state index contributed by atoms with van der Waals surface area (Å²) in [5.74, 6) is -0.303. The van der Waals surface area contributed by atoms with Crippen LogP contribution in [0.2, 0.25) is 5.02 Å². The summed E-state index contributed by atoms with van der Waals surface area (Å²) in [5.41, 5.74) is 0.915. The van der Waals surface area contributed by atoms with Crippen LogP contribution in [0.1, 0.15) is 19.3 Å². The van der Waals surface area contributed by atoms with Crippen molar-refractivity contribution in [3.63, 3.8) is 0 Å². The van der Waals surface area contributed by atoms with Gasteiger partial charge in [0, 0.05) is 29.6 Å². The molecule has 1 aliphatic heterocycles. The minimum absolute atomic E-state index is 0.303. The van der Waals surface area contributed by atoms with E-state index in [-0.39, 0.29) is 5.82 Å². The van der Waals surface area contributed by atoms with Crippen molar-refractivity contribution in [1.82, 2.24) is 5.32 Å². The van der Waals surface area contributed by atoms with Crippen LogP contribution in [0, 0.1) is 5.82 Å². The molecule has 1 saturated carbocycles. The molecule has 0 spiro atoms. The van der Waals surface area contributed by atoms with Crippen molar-refractivity contribution < 1.29 is 4.39 Å². The number of nitrogens with one attached hydrogen (secondary N) is 1. The largest absolute Gasteiger partial charge is 0.368 e. The summed E-state index contributed by atoms with van der Waals surface area (Å²) >= 11 is 9.55. The molecule has 5 heteroatoms. The maximum Gasteiger partial charge on any atom is 0.125 e. The van der Waals surface area contributed by atoms with E-state index in [0.717, 1.165) is 35.7 Å². The highest BCUT2D eigenvalue weighted by molar-refractivity contribution is 9.10. The number of hydrogen-bond donors (Lipinski definition) is 1. The summed E-state index contributed by atoms with van der Waals surface area (Å²) in [4.78, 5) is 2.23. The van der Waals surface area contributed by atoms with Gasteiger partial charge in [0.05, 0.1) is 10.7 Å². The van der Waals surface area contributed by atoms with Gasteiger partial charge in [-0.25, -0.2) is 4.39 Å². The van der Waals surface area contributed by atoms with Crippen LogP contribution in [0.15, 0.2) is 16.6 Å². The number of benzene rings is 1. The highest BCUT2D eigenvalue weighted by Crippen LogP contribution is 2.37. The maximum atomic E-state index is 13.2. The summed E-state index contributed by atoms with van der Waals surface area (Å²) < 4.78 is 13.9. The fraction of sp³-hybridized carbons (Fsp3) is 0.538. The van der Waals surface area contributed by atoms with Crippen molar-refractivity contribution in [1.29, 1.82) is 0 Å². The molecule has 1 aromatic rings. The SMILES string of the molecule is Fc1cc(Cl)c(N2CCC(NC3CC3)C2)c(Br)c1. The zero-order valence-corrected chi connectivity index (χ0v) is 12.3. The fourth-order valence-corrected chi connectivity index (χ4v) is 3.64. The zero-order chi connectivity index (χ0) is 12.7. The number of hydrogen-bond acceptors (Lipinski definition) is 2. The molecule has 2 nitrogen and oxygen atoms in total. The van der Waals surface area contributed by atoms with Crippen LogP contribution in [0.4, 0.5) is 10.1 Å². The second kappa shape index (κ2) is 4.99. The number of rotatable bonds is 3. The van der Waals surface area contributed by atoms with Crippen molar-refractivity contribution in [3.05, 3.63) is 27.4 Å². The van der Waals surface area contributed by atoms with Gasteiger partial charge in [0.15, 0.2) is 0 Å². The topological polar surface area (TPSA) is 15.3 Å². The molecule has 1 atom stereocenters. The van der Waals surface area contributed by atoms with E-state index in [4.69, 9.17) is 11.6 Å². The summed E-state index contributed by atoms with van der Waals surface area (Å²) in [6.07, 6.45) is 3.73. The van der Waals surface area contributed by atoms with Gasteiger partial charge in [-0.15, -0.1) is 0 Å². The van der Waals surface area contributed by atoms with Gasteiger partial charge in [-0.1, -0.05) is 11.6 Å². The van der Waals surface area contributed by atoms with Crippen LogP contribution < -0.4 is 10.2 Å².